The molecule has 2 aliphatic rings. The van der Waals surface area contributed by atoms with E-state index in [0.29, 0.717) is 0 Å². The van der Waals surface area contributed by atoms with E-state index in [1.165, 1.54) is 77.2 Å². The standard InChI is InChI=1S/C17H33N/c1-3-5-9-15(4-2)14-18-16-10-13-17(16)11-7-6-8-12-17/h15-16,18H,3-14H2,1-2H3. The summed E-state index contributed by atoms with van der Waals surface area (Å²) in [6.45, 7) is 5.95. The van der Waals surface area contributed by atoms with Gasteiger partial charge in [0.15, 0.2) is 0 Å². The Bertz CT molecular complexity index is 230. The van der Waals surface area contributed by atoms with Crippen LogP contribution in [0.25, 0.3) is 0 Å². The molecule has 2 saturated carbocycles. The average molecular weight is 251 g/mol. The van der Waals surface area contributed by atoms with Gasteiger partial charge in [-0.3, -0.25) is 0 Å². The van der Waals surface area contributed by atoms with E-state index >= 15 is 0 Å². The summed E-state index contributed by atoms with van der Waals surface area (Å²) in [7, 11) is 0. The minimum atomic E-state index is 0.737. The van der Waals surface area contributed by atoms with E-state index in [9.17, 15) is 0 Å². The van der Waals surface area contributed by atoms with Gasteiger partial charge in [-0.2, -0.15) is 0 Å². The molecule has 1 spiro atoms. The number of rotatable bonds is 7. The van der Waals surface area contributed by atoms with Crippen LogP contribution in [0.2, 0.25) is 0 Å². The first kappa shape index (κ1) is 14.4. The van der Waals surface area contributed by atoms with E-state index < -0.39 is 0 Å². The van der Waals surface area contributed by atoms with Gasteiger partial charge in [0.05, 0.1) is 0 Å². The van der Waals surface area contributed by atoms with E-state index in [4.69, 9.17) is 0 Å². The number of hydrogen-bond acceptors (Lipinski definition) is 1. The van der Waals surface area contributed by atoms with Crippen molar-refractivity contribution in [3.63, 3.8) is 0 Å². The summed E-state index contributed by atoms with van der Waals surface area (Å²) in [5, 5.41) is 3.94. The lowest BCUT2D eigenvalue weighted by molar-refractivity contribution is 0.0207. The van der Waals surface area contributed by atoms with Gasteiger partial charge in [-0.1, -0.05) is 52.4 Å². The van der Waals surface area contributed by atoms with Crippen molar-refractivity contribution in [3.05, 3.63) is 0 Å². The third kappa shape index (κ3) is 3.29. The Labute approximate surface area is 114 Å². The minimum absolute atomic E-state index is 0.737. The molecule has 0 radical (unpaired) electrons. The van der Waals surface area contributed by atoms with Crippen molar-refractivity contribution in [2.75, 3.05) is 6.54 Å². The van der Waals surface area contributed by atoms with Crippen molar-refractivity contribution < 1.29 is 0 Å². The predicted octanol–water partition coefficient (Wildman–Crippen LogP) is 4.91. The van der Waals surface area contributed by atoms with Crippen molar-refractivity contribution in [2.45, 2.75) is 90.5 Å². The second kappa shape index (κ2) is 6.93. The number of nitrogens with one attached hydrogen (secondary N) is 1. The highest BCUT2D eigenvalue weighted by atomic mass is 15.0. The van der Waals surface area contributed by atoms with Gasteiger partial charge in [-0.15, -0.1) is 0 Å². The van der Waals surface area contributed by atoms with Gasteiger partial charge in [0.25, 0.3) is 0 Å². The molecule has 106 valence electrons. The van der Waals surface area contributed by atoms with Gasteiger partial charge in [-0.25, -0.2) is 0 Å². The van der Waals surface area contributed by atoms with Gasteiger partial charge in [-0.05, 0) is 50.0 Å². The molecule has 2 unspecified atom stereocenters. The van der Waals surface area contributed by atoms with Crippen LogP contribution in [0.15, 0.2) is 0 Å². The quantitative estimate of drug-likeness (QED) is 0.678. The van der Waals surface area contributed by atoms with Gasteiger partial charge < -0.3 is 5.32 Å². The monoisotopic (exact) mass is 251 g/mol. The Morgan fingerprint density at radius 1 is 1.11 bits per heavy atom. The van der Waals surface area contributed by atoms with E-state index in [2.05, 4.69) is 19.2 Å². The summed E-state index contributed by atoms with van der Waals surface area (Å²) < 4.78 is 0. The van der Waals surface area contributed by atoms with Gasteiger partial charge >= 0.3 is 0 Å². The van der Waals surface area contributed by atoms with Crippen molar-refractivity contribution in [3.8, 4) is 0 Å². The molecule has 0 amide bonds. The molecule has 0 aromatic heterocycles. The molecule has 2 aliphatic carbocycles. The molecular formula is C17H33N. The molecular weight excluding hydrogens is 218 g/mol. The lowest BCUT2D eigenvalue weighted by Crippen LogP contribution is -2.55. The highest BCUT2D eigenvalue weighted by Crippen LogP contribution is 2.51. The molecule has 0 aromatic rings. The van der Waals surface area contributed by atoms with Crippen molar-refractivity contribution >= 4 is 0 Å². The molecule has 2 rings (SSSR count). The molecule has 0 bridgehead atoms. The largest absolute Gasteiger partial charge is 0.313 e. The highest BCUT2D eigenvalue weighted by molar-refractivity contribution is 5.01. The molecule has 2 fully saturated rings. The summed E-state index contributed by atoms with van der Waals surface area (Å²) in [5.41, 5.74) is 0.737. The van der Waals surface area contributed by atoms with Crippen LogP contribution >= 0.6 is 0 Å². The average Bonchev–Trinajstić information content (AvgIpc) is 2.42. The van der Waals surface area contributed by atoms with Crippen molar-refractivity contribution in [2.24, 2.45) is 11.3 Å². The van der Waals surface area contributed by atoms with Gasteiger partial charge in [0.1, 0.15) is 0 Å². The number of unbranched alkanes of at least 4 members (excludes halogenated alkanes) is 1. The molecule has 18 heavy (non-hydrogen) atoms. The Morgan fingerprint density at radius 2 is 1.89 bits per heavy atom. The molecule has 0 aliphatic heterocycles. The first-order valence-electron chi connectivity index (χ1n) is 8.54. The molecule has 0 aromatic carbocycles. The Kier molecular flexibility index (Phi) is 5.54. The van der Waals surface area contributed by atoms with Crippen LogP contribution in [0.1, 0.15) is 84.5 Å². The molecule has 2 atom stereocenters. The lowest BCUT2D eigenvalue weighted by atomic mass is 9.57. The lowest BCUT2D eigenvalue weighted by Gasteiger charge is -2.53. The molecule has 1 N–H and O–H groups in total. The normalized spacial score (nSPS) is 28.0. The van der Waals surface area contributed by atoms with Crippen LogP contribution in [0.3, 0.4) is 0 Å². The summed E-state index contributed by atoms with van der Waals surface area (Å²) in [6.07, 6.45) is 16.0. The fourth-order valence-corrected chi connectivity index (χ4v) is 4.12. The van der Waals surface area contributed by atoms with Gasteiger partial charge in [0, 0.05) is 6.04 Å². The topological polar surface area (TPSA) is 12.0 Å². The minimum Gasteiger partial charge on any atom is -0.313 e. The highest BCUT2D eigenvalue weighted by Gasteiger charge is 2.46. The van der Waals surface area contributed by atoms with Crippen LogP contribution in [0.4, 0.5) is 0 Å². The second-order valence-corrected chi connectivity index (χ2v) is 6.84. The van der Waals surface area contributed by atoms with E-state index in [1.807, 2.05) is 0 Å². The first-order chi connectivity index (χ1) is 8.80. The maximum Gasteiger partial charge on any atom is 0.0124 e. The fourth-order valence-electron chi connectivity index (χ4n) is 4.12. The zero-order valence-corrected chi connectivity index (χ0v) is 12.6. The van der Waals surface area contributed by atoms with Crippen molar-refractivity contribution in [1.82, 2.24) is 5.32 Å². The van der Waals surface area contributed by atoms with Crippen LogP contribution in [-0.4, -0.2) is 12.6 Å². The fraction of sp³-hybridized carbons (Fsp3) is 1.00. The molecule has 1 nitrogen and oxygen atoms in total. The van der Waals surface area contributed by atoms with Crippen LogP contribution < -0.4 is 5.32 Å². The first-order valence-corrected chi connectivity index (χ1v) is 8.54. The summed E-state index contributed by atoms with van der Waals surface area (Å²) >= 11 is 0. The summed E-state index contributed by atoms with van der Waals surface area (Å²) in [5.74, 6) is 0.922. The molecule has 0 saturated heterocycles. The number of hydrogen-bond donors (Lipinski definition) is 1. The predicted molar refractivity (Wildman–Crippen MR) is 79.8 cm³/mol. The zero-order valence-electron chi connectivity index (χ0n) is 12.6. The third-order valence-corrected chi connectivity index (χ3v) is 5.72. The Balaban J connectivity index is 1.72. The van der Waals surface area contributed by atoms with Crippen LogP contribution in [-0.2, 0) is 0 Å². The molecule has 0 heterocycles. The van der Waals surface area contributed by atoms with E-state index in [-0.39, 0.29) is 0 Å². The van der Waals surface area contributed by atoms with Crippen LogP contribution in [0, 0.1) is 11.3 Å². The van der Waals surface area contributed by atoms with E-state index in [0.717, 1.165) is 17.4 Å². The zero-order chi connectivity index (χ0) is 12.8. The second-order valence-electron chi connectivity index (χ2n) is 6.84. The van der Waals surface area contributed by atoms with Crippen molar-refractivity contribution in [1.29, 1.82) is 0 Å². The van der Waals surface area contributed by atoms with Gasteiger partial charge in [0.2, 0.25) is 0 Å². The summed E-state index contributed by atoms with van der Waals surface area (Å²) in [6, 6.07) is 0.869. The Hall–Kier alpha value is -0.0400. The third-order valence-electron chi connectivity index (χ3n) is 5.72. The SMILES string of the molecule is CCCCC(CC)CNC1CCC12CCCCC2. The maximum atomic E-state index is 3.94. The molecule has 1 heteroatoms. The maximum absolute atomic E-state index is 3.94. The van der Waals surface area contributed by atoms with E-state index in [1.54, 1.807) is 0 Å². The smallest absolute Gasteiger partial charge is 0.0124 e. The Morgan fingerprint density at radius 3 is 2.44 bits per heavy atom. The van der Waals surface area contributed by atoms with Crippen LogP contribution in [0.5, 0.6) is 0 Å². The summed E-state index contributed by atoms with van der Waals surface area (Å²) in [4.78, 5) is 0.